The van der Waals surface area contributed by atoms with E-state index in [0.717, 1.165) is 6.42 Å². The molecule has 0 saturated carbocycles. The van der Waals surface area contributed by atoms with Crippen LogP contribution in [-0.2, 0) is 0 Å². The van der Waals surface area contributed by atoms with Crippen molar-refractivity contribution in [3.63, 3.8) is 0 Å². The van der Waals surface area contributed by atoms with Gasteiger partial charge in [-0.05, 0) is 34.5 Å². The van der Waals surface area contributed by atoms with E-state index in [2.05, 4.69) is 35.0 Å². The zero-order valence-electron chi connectivity index (χ0n) is 7.92. The molecule has 2 N–H and O–H groups in total. The summed E-state index contributed by atoms with van der Waals surface area (Å²) in [6.07, 6.45) is 4.91. The first-order valence-electron chi connectivity index (χ1n) is 4.75. The van der Waals surface area contributed by atoms with Gasteiger partial charge in [0.15, 0.2) is 0 Å². The van der Waals surface area contributed by atoms with Gasteiger partial charge in [-0.2, -0.15) is 0 Å². The number of nitrogens with two attached hydrogens (primary N) is 1. The van der Waals surface area contributed by atoms with Crippen LogP contribution in [0.1, 0.15) is 43.5 Å². The van der Waals surface area contributed by atoms with Crippen LogP contribution < -0.4 is 5.73 Å². The van der Waals surface area contributed by atoms with Gasteiger partial charge in [0.05, 0.1) is 3.79 Å². The molecule has 0 aromatic carbocycles. The molecule has 74 valence electrons. The van der Waals surface area contributed by atoms with Gasteiger partial charge in [0.25, 0.3) is 0 Å². The van der Waals surface area contributed by atoms with Gasteiger partial charge in [-0.1, -0.05) is 26.2 Å². The lowest BCUT2D eigenvalue weighted by Crippen LogP contribution is -2.07. The summed E-state index contributed by atoms with van der Waals surface area (Å²) in [6.45, 7) is 2.22. The van der Waals surface area contributed by atoms with Crippen molar-refractivity contribution in [2.24, 2.45) is 5.73 Å². The third-order valence-electron chi connectivity index (χ3n) is 2.08. The largest absolute Gasteiger partial charge is 0.323 e. The van der Waals surface area contributed by atoms with E-state index >= 15 is 0 Å². The lowest BCUT2D eigenvalue weighted by Gasteiger charge is -2.07. The minimum absolute atomic E-state index is 0.239. The zero-order valence-corrected chi connectivity index (χ0v) is 10.3. The van der Waals surface area contributed by atoms with Crippen molar-refractivity contribution in [1.82, 2.24) is 0 Å². The molecular weight excluding hydrogens is 246 g/mol. The van der Waals surface area contributed by atoms with Crippen LogP contribution in [0.3, 0.4) is 0 Å². The summed E-state index contributed by atoms with van der Waals surface area (Å²) in [5, 5.41) is 0. The summed E-state index contributed by atoms with van der Waals surface area (Å²) in [4.78, 5) is 1.29. The Bertz CT molecular complexity index is 247. The molecule has 13 heavy (non-hydrogen) atoms. The van der Waals surface area contributed by atoms with Gasteiger partial charge in [-0.25, -0.2) is 0 Å². The van der Waals surface area contributed by atoms with Gasteiger partial charge in [-0.3, -0.25) is 0 Å². The van der Waals surface area contributed by atoms with Crippen molar-refractivity contribution in [2.75, 3.05) is 0 Å². The van der Waals surface area contributed by atoms with E-state index in [1.807, 2.05) is 0 Å². The molecule has 0 fully saturated rings. The number of halogens is 1. The molecule has 1 aromatic rings. The highest BCUT2D eigenvalue weighted by Crippen LogP contribution is 2.28. The van der Waals surface area contributed by atoms with Gasteiger partial charge in [0, 0.05) is 10.9 Å². The van der Waals surface area contributed by atoms with E-state index in [4.69, 9.17) is 5.73 Å². The molecule has 0 unspecified atom stereocenters. The minimum atomic E-state index is 0.239. The Balaban J connectivity index is 2.35. The number of hydrogen-bond acceptors (Lipinski definition) is 2. The Morgan fingerprint density at radius 3 is 2.77 bits per heavy atom. The quantitative estimate of drug-likeness (QED) is 0.794. The Kier molecular flexibility index (Phi) is 4.99. The van der Waals surface area contributed by atoms with Crippen molar-refractivity contribution in [3.05, 3.63) is 20.8 Å². The van der Waals surface area contributed by atoms with Crippen LogP contribution in [-0.4, -0.2) is 0 Å². The predicted octanol–water partition coefficient (Wildman–Crippen LogP) is 4.09. The van der Waals surface area contributed by atoms with E-state index in [0.29, 0.717) is 0 Å². The molecule has 1 aromatic heterocycles. The van der Waals surface area contributed by atoms with Crippen LogP contribution >= 0.6 is 27.3 Å². The van der Waals surface area contributed by atoms with Gasteiger partial charge in [0.1, 0.15) is 0 Å². The van der Waals surface area contributed by atoms with Crippen LogP contribution in [0.4, 0.5) is 0 Å². The molecule has 0 amide bonds. The first kappa shape index (κ1) is 11.2. The third kappa shape index (κ3) is 3.79. The highest BCUT2D eigenvalue weighted by molar-refractivity contribution is 9.11. The van der Waals surface area contributed by atoms with Gasteiger partial charge >= 0.3 is 0 Å². The molecule has 0 aliphatic carbocycles. The van der Waals surface area contributed by atoms with E-state index in [9.17, 15) is 0 Å². The Hall–Kier alpha value is 0.140. The van der Waals surface area contributed by atoms with Crippen molar-refractivity contribution in [2.45, 2.75) is 38.6 Å². The standard InChI is InChI=1S/C10H16BrNS/c1-2-3-4-5-8(12)9-6-7-10(11)13-9/h6-8H,2-5,12H2,1H3/t8-/m0/s1. The Labute approximate surface area is 92.5 Å². The van der Waals surface area contributed by atoms with E-state index in [1.165, 1.54) is 27.9 Å². The smallest absolute Gasteiger partial charge is 0.0701 e. The maximum Gasteiger partial charge on any atom is 0.0701 e. The van der Waals surface area contributed by atoms with Crippen molar-refractivity contribution in [3.8, 4) is 0 Å². The highest BCUT2D eigenvalue weighted by Gasteiger charge is 2.07. The Morgan fingerprint density at radius 1 is 1.46 bits per heavy atom. The molecule has 1 heterocycles. The van der Waals surface area contributed by atoms with Crippen molar-refractivity contribution in [1.29, 1.82) is 0 Å². The molecular formula is C10H16BrNS. The van der Waals surface area contributed by atoms with Crippen LogP contribution in [0.25, 0.3) is 0 Å². The Morgan fingerprint density at radius 2 is 2.23 bits per heavy atom. The number of unbranched alkanes of at least 4 members (excludes halogenated alkanes) is 2. The third-order valence-corrected chi connectivity index (χ3v) is 3.83. The predicted molar refractivity (Wildman–Crippen MR) is 63.1 cm³/mol. The lowest BCUT2D eigenvalue weighted by molar-refractivity contribution is 0.587. The van der Waals surface area contributed by atoms with Crippen molar-refractivity contribution < 1.29 is 0 Å². The number of hydrogen-bond donors (Lipinski definition) is 1. The van der Waals surface area contributed by atoms with Gasteiger partial charge in [0.2, 0.25) is 0 Å². The molecule has 0 saturated heterocycles. The summed E-state index contributed by atoms with van der Waals surface area (Å²) >= 11 is 5.19. The maximum atomic E-state index is 6.04. The normalized spacial score (nSPS) is 13.2. The molecule has 0 radical (unpaired) electrons. The molecule has 0 bridgehead atoms. The maximum absolute atomic E-state index is 6.04. The summed E-state index contributed by atoms with van der Waals surface area (Å²) < 4.78 is 1.17. The van der Waals surface area contributed by atoms with Gasteiger partial charge in [-0.15, -0.1) is 11.3 Å². The topological polar surface area (TPSA) is 26.0 Å². The summed E-state index contributed by atoms with van der Waals surface area (Å²) in [6, 6.07) is 4.42. The molecule has 0 spiro atoms. The fraction of sp³-hybridized carbons (Fsp3) is 0.600. The second kappa shape index (κ2) is 5.78. The first-order chi connectivity index (χ1) is 6.24. The van der Waals surface area contributed by atoms with Crippen LogP contribution in [0.2, 0.25) is 0 Å². The minimum Gasteiger partial charge on any atom is -0.323 e. The number of thiophene rings is 1. The van der Waals surface area contributed by atoms with Crippen LogP contribution in [0.5, 0.6) is 0 Å². The second-order valence-electron chi connectivity index (χ2n) is 3.24. The SMILES string of the molecule is CCCCC[C@H](N)c1ccc(Br)s1. The molecule has 0 aliphatic rings. The van der Waals surface area contributed by atoms with Crippen LogP contribution in [0, 0.1) is 0 Å². The average Bonchev–Trinajstić information content (AvgIpc) is 2.52. The second-order valence-corrected chi connectivity index (χ2v) is 5.74. The van der Waals surface area contributed by atoms with E-state index < -0.39 is 0 Å². The summed E-state index contributed by atoms with van der Waals surface area (Å²) in [7, 11) is 0. The fourth-order valence-corrected chi connectivity index (χ4v) is 2.74. The monoisotopic (exact) mass is 261 g/mol. The molecule has 1 atom stereocenters. The molecule has 0 aliphatic heterocycles. The van der Waals surface area contributed by atoms with E-state index in [-0.39, 0.29) is 6.04 Å². The lowest BCUT2D eigenvalue weighted by atomic mass is 10.1. The number of rotatable bonds is 5. The average molecular weight is 262 g/mol. The summed E-state index contributed by atoms with van der Waals surface area (Å²) in [5.74, 6) is 0. The van der Waals surface area contributed by atoms with E-state index in [1.54, 1.807) is 11.3 Å². The highest BCUT2D eigenvalue weighted by atomic mass is 79.9. The van der Waals surface area contributed by atoms with Crippen molar-refractivity contribution >= 4 is 27.3 Å². The molecule has 1 rings (SSSR count). The van der Waals surface area contributed by atoms with Gasteiger partial charge < -0.3 is 5.73 Å². The fourth-order valence-electron chi connectivity index (χ4n) is 1.28. The molecule has 1 nitrogen and oxygen atoms in total. The molecule has 3 heteroatoms. The zero-order chi connectivity index (χ0) is 9.68. The first-order valence-corrected chi connectivity index (χ1v) is 6.35. The van der Waals surface area contributed by atoms with Crippen LogP contribution in [0.15, 0.2) is 15.9 Å². The summed E-state index contributed by atoms with van der Waals surface area (Å²) in [5.41, 5.74) is 6.04.